The molecule has 322 valence electrons. The van der Waals surface area contributed by atoms with Crippen LogP contribution in [0.5, 0.6) is 0 Å². The van der Waals surface area contributed by atoms with E-state index in [-0.39, 0.29) is 11.3 Å². The van der Waals surface area contributed by atoms with Gasteiger partial charge in [0.1, 0.15) is 17.0 Å². The van der Waals surface area contributed by atoms with E-state index in [0.717, 1.165) is 77.4 Å². The van der Waals surface area contributed by atoms with Gasteiger partial charge in [-0.1, -0.05) is 159 Å². The Labute approximate surface area is 391 Å². The molecule has 0 saturated carbocycles. The van der Waals surface area contributed by atoms with Gasteiger partial charge in [-0.15, -0.1) is 0 Å². The Hall–Kier alpha value is -7.69. The third-order valence-electron chi connectivity index (χ3n) is 15.1. The van der Waals surface area contributed by atoms with Crippen LogP contribution >= 0.6 is 0 Å². The molecule has 2 unspecified atom stereocenters. The first-order valence-electron chi connectivity index (χ1n) is 24.0. The van der Waals surface area contributed by atoms with Crippen molar-refractivity contribution in [1.82, 2.24) is 15.0 Å². The lowest BCUT2D eigenvalue weighted by molar-refractivity contribution is 0.616. The second kappa shape index (κ2) is 15.7. The number of nitrogens with zero attached hydrogens (tertiary/aromatic N) is 3. The van der Waals surface area contributed by atoms with Gasteiger partial charge >= 0.3 is 0 Å². The number of allylic oxidation sites excluding steroid dienone is 8. The van der Waals surface area contributed by atoms with E-state index in [1.807, 2.05) is 12.1 Å². The third kappa shape index (κ3) is 6.23. The maximum Gasteiger partial charge on any atom is 0.163 e. The summed E-state index contributed by atoms with van der Waals surface area (Å²) in [6.07, 6.45) is 17.2. The number of furan rings is 1. The molecular formula is C63H49N3O. The predicted molar refractivity (Wildman–Crippen MR) is 275 cm³/mol. The van der Waals surface area contributed by atoms with Crippen LogP contribution < -0.4 is 0 Å². The first-order valence-corrected chi connectivity index (χ1v) is 24.0. The number of hydrogen-bond donors (Lipinski definition) is 0. The highest BCUT2D eigenvalue weighted by atomic mass is 16.3. The minimum Gasteiger partial charge on any atom is -0.456 e. The summed E-state index contributed by atoms with van der Waals surface area (Å²) in [5, 5.41) is 2.19. The Morgan fingerprint density at radius 3 is 2.12 bits per heavy atom. The molecule has 13 rings (SSSR count). The molecule has 1 spiro atoms. The number of hydrogen-bond acceptors (Lipinski definition) is 4. The number of fused-ring (bicyclic) bond motifs is 12. The van der Waals surface area contributed by atoms with Crippen LogP contribution in [-0.4, -0.2) is 15.0 Å². The molecule has 4 aliphatic rings. The van der Waals surface area contributed by atoms with Gasteiger partial charge in [-0.25, -0.2) is 15.0 Å². The molecule has 0 radical (unpaired) electrons. The number of benzene rings is 7. The molecule has 9 aromatic rings. The van der Waals surface area contributed by atoms with Gasteiger partial charge in [0, 0.05) is 27.8 Å². The lowest BCUT2D eigenvalue weighted by atomic mass is 9.68. The van der Waals surface area contributed by atoms with E-state index in [1.54, 1.807) is 5.57 Å². The van der Waals surface area contributed by atoms with Crippen molar-refractivity contribution in [2.45, 2.75) is 63.7 Å². The fourth-order valence-corrected chi connectivity index (χ4v) is 11.9. The van der Waals surface area contributed by atoms with Gasteiger partial charge in [0.25, 0.3) is 0 Å². The molecule has 4 heteroatoms. The van der Waals surface area contributed by atoms with Crippen molar-refractivity contribution >= 4 is 33.1 Å². The largest absolute Gasteiger partial charge is 0.456 e. The molecule has 0 saturated heterocycles. The second-order valence-corrected chi connectivity index (χ2v) is 18.7. The Bertz CT molecular complexity index is 3640. The molecule has 7 aromatic carbocycles. The molecule has 2 heterocycles. The van der Waals surface area contributed by atoms with Crippen molar-refractivity contribution in [3.8, 4) is 45.0 Å². The van der Waals surface area contributed by atoms with E-state index in [2.05, 4.69) is 184 Å². The van der Waals surface area contributed by atoms with Gasteiger partial charge in [-0.2, -0.15) is 0 Å². The summed E-state index contributed by atoms with van der Waals surface area (Å²) in [6.45, 7) is 4.58. The molecule has 2 atom stereocenters. The summed E-state index contributed by atoms with van der Waals surface area (Å²) in [4.78, 5) is 16.0. The summed E-state index contributed by atoms with van der Waals surface area (Å²) >= 11 is 0. The van der Waals surface area contributed by atoms with E-state index in [9.17, 15) is 0 Å². The fourth-order valence-electron chi connectivity index (χ4n) is 11.9. The van der Waals surface area contributed by atoms with E-state index in [1.165, 1.54) is 72.3 Å². The molecular weight excluding hydrogens is 815 g/mol. The van der Waals surface area contributed by atoms with E-state index >= 15 is 0 Å². The molecule has 4 aliphatic carbocycles. The van der Waals surface area contributed by atoms with E-state index in [4.69, 9.17) is 19.4 Å². The van der Waals surface area contributed by atoms with Crippen LogP contribution in [0.1, 0.15) is 89.7 Å². The third-order valence-corrected chi connectivity index (χ3v) is 15.1. The number of para-hydroxylation sites is 1. The first-order chi connectivity index (χ1) is 33.1. The van der Waals surface area contributed by atoms with Gasteiger partial charge in [-0.05, 0) is 154 Å². The van der Waals surface area contributed by atoms with Crippen molar-refractivity contribution < 1.29 is 4.42 Å². The van der Waals surface area contributed by atoms with E-state index in [0.29, 0.717) is 11.6 Å². The van der Waals surface area contributed by atoms with Crippen molar-refractivity contribution in [3.05, 3.63) is 232 Å². The van der Waals surface area contributed by atoms with Gasteiger partial charge < -0.3 is 4.42 Å². The molecule has 0 amide bonds. The van der Waals surface area contributed by atoms with Crippen LogP contribution in [0.4, 0.5) is 0 Å². The standard InChI is InChI=1S/C63H49N3O/c1-3-40(60-64-61(44-22-17-21-42(36-44)41-18-5-4-6-19-41)66-62(65-60)45-32-33-51-50-27-12-16-31-58(50)67-59(51)37-45)35-43-20-7-8-23-46(43)52-38-53-49-26-11-15-30-56(49)63(57(53)34-39(52)2)54-28-13-9-24-47(54)48-25-10-14-29-55(48)63/h4-5,7-13,15-18,20-28,30-34,36-38,40H,3,6,14,19,29,35H2,1-2H3. The second-order valence-electron chi connectivity index (χ2n) is 18.7. The van der Waals surface area contributed by atoms with E-state index < -0.39 is 0 Å². The first kappa shape index (κ1) is 39.7. The molecule has 0 fully saturated rings. The minimum atomic E-state index is -0.286. The Morgan fingerprint density at radius 1 is 0.567 bits per heavy atom. The number of rotatable bonds is 8. The Morgan fingerprint density at radius 2 is 1.28 bits per heavy atom. The Kier molecular flexibility index (Phi) is 9.32. The molecule has 4 nitrogen and oxygen atoms in total. The zero-order chi connectivity index (χ0) is 44.6. The van der Waals surface area contributed by atoms with Crippen LogP contribution in [0.15, 0.2) is 192 Å². The lowest BCUT2D eigenvalue weighted by Gasteiger charge is -2.33. The summed E-state index contributed by atoms with van der Waals surface area (Å²) in [5.74, 6) is 2.18. The SMILES string of the molecule is CCC(Cc1ccccc1-c1cc2c(cc1C)C1(C3=C(C=CCC3)c3ccccc31)c1ccccc1-2)c1nc(-c2cccc(C3=CC=CCC3)c2)nc(-c2ccc3c(c2)oc2ccccc23)n1. The maximum atomic E-state index is 6.38. The van der Waals surface area contributed by atoms with Crippen LogP contribution in [0.25, 0.3) is 78.1 Å². The number of aromatic nitrogens is 3. The van der Waals surface area contributed by atoms with Crippen LogP contribution in [0.2, 0.25) is 0 Å². The fraction of sp³-hybridized carbons (Fsp3) is 0.159. The zero-order valence-corrected chi connectivity index (χ0v) is 37.9. The predicted octanol–water partition coefficient (Wildman–Crippen LogP) is 16.0. The molecule has 67 heavy (non-hydrogen) atoms. The summed E-state index contributed by atoms with van der Waals surface area (Å²) in [7, 11) is 0. The van der Waals surface area contributed by atoms with Gasteiger partial charge in [0.05, 0.1) is 5.41 Å². The highest BCUT2D eigenvalue weighted by Crippen LogP contribution is 2.64. The van der Waals surface area contributed by atoms with Crippen molar-refractivity contribution in [2.24, 2.45) is 0 Å². The van der Waals surface area contributed by atoms with Crippen LogP contribution in [0, 0.1) is 6.92 Å². The van der Waals surface area contributed by atoms with Gasteiger partial charge in [-0.3, -0.25) is 0 Å². The average Bonchev–Trinajstić information content (AvgIpc) is 4.01. The molecule has 0 bridgehead atoms. The molecule has 0 N–H and O–H groups in total. The monoisotopic (exact) mass is 863 g/mol. The highest BCUT2D eigenvalue weighted by Gasteiger charge is 2.52. The highest BCUT2D eigenvalue weighted by molar-refractivity contribution is 6.06. The van der Waals surface area contributed by atoms with Crippen molar-refractivity contribution in [3.63, 3.8) is 0 Å². The van der Waals surface area contributed by atoms with Crippen molar-refractivity contribution in [2.75, 3.05) is 0 Å². The van der Waals surface area contributed by atoms with Crippen LogP contribution in [0.3, 0.4) is 0 Å². The minimum absolute atomic E-state index is 0.0318. The summed E-state index contributed by atoms with van der Waals surface area (Å²) in [5.41, 5.74) is 22.2. The zero-order valence-electron chi connectivity index (χ0n) is 37.9. The van der Waals surface area contributed by atoms with Crippen LogP contribution in [-0.2, 0) is 11.8 Å². The van der Waals surface area contributed by atoms with Gasteiger partial charge in [0.2, 0.25) is 0 Å². The normalized spacial score (nSPS) is 17.2. The summed E-state index contributed by atoms with van der Waals surface area (Å²) in [6, 6.07) is 55.7. The average molecular weight is 864 g/mol. The molecule has 2 aromatic heterocycles. The van der Waals surface area contributed by atoms with Crippen molar-refractivity contribution in [1.29, 1.82) is 0 Å². The molecule has 0 aliphatic heterocycles. The Balaban J connectivity index is 0.926. The lowest BCUT2D eigenvalue weighted by Crippen LogP contribution is -2.27. The topological polar surface area (TPSA) is 51.8 Å². The maximum absolute atomic E-state index is 6.38. The summed E-state index contributed by atoms with van der Waals surface area (Å²) < 4.78 is 6.38. The number of aryl methyl sites for hydroxylation is 1. The quantitative estimate of drug-likeness (QED) is 0.153. The van der Waals surface area contributed by atoms with Gasteiger partial charge in [0.15, 0.2) is 11.6 Å². The smallest absolute Gasteiger partial charge is 0.163 e.